The van der Waals surface area contributed by atoms with E-state index in [1.54, 1.807) is 17.4 Å². The molecule has 1 aliphatic carbocycles. The number of H-pyrrole nitrogens is 1. The second-order valence-electron chi connectivity index (χ2n) is 6.15. The van der Waals surface area contributed by atoms with Gasteiger partial charge < -0.3 is 5.32 Å². The van der Waals surface area contributed by atoms with Gasteiger partial charge in [-0.2, -0.15) is 10.4 Å². The molecular formula is C19H15BrN4OS. The van der Waals surface area contributed by atoms with E-state index in [-0.39, 0.29) is 5.56 Å². The van der Waals surface area contributed by atoms with Crippen LogP contribution >= 0.6 is 27.3 Å². The summed E-state index contributed by atoms with van der Waals surface area (Å²) in [5.41, 5.74) is 3.48. The number of aromatic nitrogens is 2. The monoisotopic (exact) mass is 426 g/mol. The van der Waals surface area contributed by atoms with Gasteiger partial charge in [-0.05, 0) is 49.4 Å². The van der Waals surface area contributed by atoms with E-state index < -0.39 is 0 Å². The molecule has 3 aromatic rings. The number of rotatable bonds is 3. The van der Waals surface area contributed by atoms with Crippen LogP contribution in [0.4, 0.5) is 10.7 Å². The quantitative estimate of drug-likeness (QED) is 0.632. The first kappa shape index (κ1) is 17.0. The minimum atomic E-state index is -0.305. The number of aromatic amines is 1. The summed E-state index contributed by atoms with van der Waals surface area (Å²) in [7, 11) is 0. The number of fused-ring (bicyclic) bond motifs is 1. The first-order chi connectivity index (χ1) is 12.7. The topological polar surface area (TPSA) is 81.6 Å². The molecule has 7 heteroatoms. The fraction of sp³-hybridized carbons (Fsp3) is 0.211. The summed E-state index contributed by atoms with van der Waals surface area (Å²) in [6.07, 6.45) is 4.21. The van der Waals surface area contributed by atoms with Crippen molar-refractivity contribution in [2.75, 3.05) is 5.32 Å². The molecule has 130 valence electrons. The number of halogens is 1. The van der Waals surface area contributed by atoms with Crippen LogP contribution in [0, 0.1) is 11.3 Å². The zero-order chi connectivity index (χ0) is 18.1. The third-order valence-corrected chi connectivity index (χ3v) is 6.21. The van der Waals surface area contributed by atoms with Gasteiger partial charge in [0, 0.05) is 14.9 Å². The van der Waals surface area contributed by atoms with Gasteiger partial charge >= 0.3 is 0 Å². The lowest BCUT2D eigenvalue weighted by molar-refractivity contribution is 0.696. The molecule has 2 aromatic heterocycles. The molecule has 0 saturated heterocycles. The molecular weight excluding hydrogens is 412 g/mol. The number of nitriles is 1. The van der Waals surface area contributed by atoms with Gasteiger partial charge in [-0.1, -0.05) is 28.1 Å². The summed E-state index contributed by atoms with van der Waals surface area (Å²) in [6.45, 7) is 0. The molecule has 0 unspecified atom stereocenters. The van der Waals surface area contributed by atoms with Crippen molar-refractivity contribution < 1.29 is 0 Å². The minimum Gasteiger partial charge on any atom is -0.342 e. The molecule has 4 rings (SSSR count). The van der Waals surface area contributed by atoms with Crippen molar-refractivity contribution in [2.45, 2.75) is 25.7 Å². The summed E-state index contributed by atoms with van der Waals surface area (Å²) < 4.78 is 0.979. The summed E-state index contributed by atoms with van der Waals surface area (Å²) in [6, 6.07) is 11.7. The van der Waals surface area contributed by atoms with E-state index in [2.05, 4.69) is 37.5 Å². The van der Waals surface area contributed by atoms with Crippen molar-refractivity contribution >= 4 is 38.0 Å². The van der Waals surface area contributed by atoms with Crippen molar-refractivity contribution in [1.29, 1.82) is 5.26 Å². The second kappa shape index (κ2) is 7.06. The zero-order valence-corrected chi connectivity index (χ0v) is 16.2. The highest BCUT2D eigenvalue weighted by atomic mass is 79.9. The van der Waals surface area contributed by atoms with Crippen molar-refractivity contribution in [2.24, 2.45) is 0 Å². The molecule has 2 heterocycles. The van der Waals surface area contributed by atoms with Crippen LogP contribution < -0.4 is 10.9 Å². The van der Waals surface area contributed by atoms with E-state index in [1.807, 2.05) is 24.3 Å². The summed E-state index contributed by atoms with van der Waals surface area (Å²) in [4.78, 5) is 13.5. The predicted octanol–water partition coefficient (Wildman–Crippen LogP) is 4.75. The van der Waals surface area contributed by atoms with Gasteiger partial charge in [0.15, 0.2) is 0 Å². The number of hydrogen-bond acceptors (Lipinski definition) is 5. The zero-order valence-electron chi connectivity index (χ0n) is 13.8. The molecule has 26 heavy (non-hydrogen) atoms. The van der Waals surface area contributed by atoms with Gasteiger partial charge in [0.25, 0.3) is 5.56 Å². The minimum absolute atomic E-state index is 0.305. The van der Waals surface area contributed by atoms with Crippen LogP contribution in [-0.4, -0.2) is 10.2 Å². The normalized spacial score (nSPS) is 13.1. The molecule has 2 N–H and O–H groups in total. The predicted molar refractivity (Wildman–Crippen MR) is 107 cm³/mol. The lowest BCUT2D eigenvalue weighted by Gasteiger charge is -2.09. The highest BCUT2D eigenvalue weighted by Gasteiger charge is 2.21. The highest BCUT2D eigenvalue weighted by molar-refractivity contribution is 9.10. The lowest BCUT2D eigenvalue weighted by atomic mass is 9.96. The Kier molecular flexibility index (Phi) is 4.62. The molecule has 0 bridgehead atoms. The molecule has 0 aliphatic heterocycles. The molecule has 0 fully saturated rings. The Hall–Kier alpha value is -2.43. The van der Waals surface area contributed by atoms with Gasteiger partial charge in [0.1, 0.15) is 16.8 Å². The highest BCUT2D eigenvalue weighted by Crippen LogP contribution is 2.38. The van der Waals surface area contributed by atoms with Crippen LogP contribution in [0.15, 0.2) is 39.6 Å². The van der Waals surface area contributed by atoms with E-state index >= 15 is 0 Å². The number of benzene rings is 1. The third kappa shape index (κ3) is 3.18. The number of thiophene rings is 1. The fourth-order valence-electron chi connectivity index (χ4n) is 3.16. The largest absolute Gasteiger partial charge is 0.342 e. The Morgan fingerprint density at radius 3 is 2.77 bits per heavy atom. The van der Waals surface area contributed by atoms with Crippen molar-refractivity contribution in [3.8, 4) is 17.3 Å². The number of nitrogens with one attached hydrogen (secondary N) is 2. The van der Waals surface area contributed by atoms with E-state index in [0.717, 1.165) is 46.3 Å². The van der Waals surface area contributed by atoms with Crippen molar-refractivity contribution in [3.05, 3.63) is 61.2 Å². The number of nitrogens with zero attached hydrogens (tertiary/aromatic N) is 2. The maximum absolute atomic E-state index is 12.2. The van der Waals surface area contributed by atoms with Gasteiger partial charge in [0.2, 0.25) is 0 Å². The smallest absolute Gasteiger partial charge is 0.287 e. The van der Waals surface area contributed by atoms with Crippen LogP contribution in [0.1, 0.15) is 28.8 Å². The van der Waals surface area contributed by atoms with Crippen LogP contribution in [0.3, 0.4) is 0 Å². The Labute approximate surface area is 162 Å². The molecule has 0 atom stereocenters. The number of anilines is 2. The molecule has 0 radical (unpaired) electrons. The first-order valence-electron chi connectivity index (χ1n) is 8.33. The Bertz CT molecular complexity index is 1060. The first-order valence-corrected chi connectivity index (χ1v) is 9.94. The Morgan fingerprint density at radius 2 is 2.00 bits per heavy atom. The fourth-order valence-corrected chi connectivity index (χ4v) is 4.68. The maximum atomic E-state index is 12.2. The van der Waals surface area contributed by atoms with E-state index in [4.69, 9.17) is 0 Å². The molecule has 1 aromatic carbocycles. The number of aryl methyl sites for hydroxylation is 1. The van der Waals surface area contributed by atoms with Gasteiger partial charge in [-0.3, -0.25) is 4.79 Å². The van der Waals surface area contributed by atoms with Crippen LogP contribution in [0.2, 0.25) is 0 Å². The summed E-state index contributed by atoms with van der Waals surface area (Å²) in [5.74, 6) is 0. The van der Waals surface area contributed by atoms with Crippen LogP contribution in [0.25, 0.3) is 11.3 Å². The molecule has 0 spiro atoms. The summed E-state index contributed by atoms with van der Waals surface area (Å²) >= 11 is 4.99. The average Bonchev–Trinajstić information content (AvgIpc) is 3.01. The maximum Gasteiger partial charge on any atom is 0.287 e. The van der Waals surface area contributed by atoms with Gasteiger partial charge in [0.05, 0.1) is 11.3 Å². The SMILES string of the molecule is N#Cc1c(Nc2cc(-c3ccc(Br)cc3)n[nH]c2=O)sc2c1CCCC2. The Balaban J connectivity index is 1.72. The summed E-state index contributed by atoms with van der Waals surface area (Å²) in [5, 5.41) is 20.2. The van der Waals surface area contributed by atoms with Crippen LogP contribution in [-0.2, 0) is 12.8 Å². The van der Waals surface area contributed by atoms with Crippen molar-refractivity contribution in [1.82, 2.24) is 10.2 Å². The van der Waals surface area contributed by atoms with E-state index in [1.165, 1.54) is 4.88 Å². The second-order valence-corrected chi connectivity index (χ2v) is 8.18. The molecule has 0 amide bonds. The van der Waals surface area contributed by atoms with Crippen molar-refractivity contribution in [3.63, 3.8) is 0 Å². The van der Waals surface area contributed by atoms with E-state index in [9.17, 15) is 10.1 Å². The van der Waals surface area contributed by atoms with Gasteiger partial charge in [-0.15, -0.1) is 11.3 Å². The van der Waals surface area contributed by atoms with Gasteiger partial charge in [-0.25, -0.2) is 5.10 Å². The van der Waals surface area contributed by atoms with Crippen LogP contribution in [0.5, 0.6) is 0 Å². The lowest BCUT2D eigenvalue weighted by Crippen LogP contribution is -2.13. The number of hydrogen-bond donors (Lipinski definition) is 2. The standard InChI is InChI=1S/C19H15BrN4OS/c20-12-7-5-11(6-8-12)15-9-16(18(25)24-23-15)22-19-14(10-21)13-3-1-2-4-17(13)26-19/h5-9H,1-4H2,(H,22,23)(H,24,25). The van der Waals surface area contributed by atoms with E-state index in [0.29, 0.717) is 16.9 Å². The third-order valence-electron chi connectivity index (χ3n) is 4.47. The molecule has 1 aliphatic rings. The molecule has 0 saturated carbocycles. The Morgan fingerprint density at radius 1 is 1.23 bits per heavy atom. The average molecular weight is 427 g/mol. The molecule has 5 nitrogen and oxygen atoms in total.